The molecule has 46 heavy (non-hydrogen) atoms. The second-order valence-corrected chi connectivity index (χ2v) is 13.8. The molecule has 0 radical (unpaired) electrons. The van der Waals surface area contributed by atoms with Crippen LogP contribution >= 0.6 is 11.8 Å². The van der Waals surface area contributed by atoms with E-state index in [4.69, 9.17) is 0 Å². The monoisotopic (exact) mass is 598 g/mol. The van der Waals surface area contributed by atoms with E-state index < -0.39 is 0 Å². The minimum Gasteiger partial charge on any atom is -0.0888 e. The summed E-state index contributed by atoms with van der Waals surface area (Å²) in [4.78, 5) is 2.67. The lowest BCUT2D eigenvalue weighted by molar-refractivity contribution is 0.801. The maximum atomic E-state index is 2.47. The Morgan fingerprint density at radius 2 is 1.02 bits per heavy atom. The van der Waals surface area contributed by atoms with Crippen LogP contribution in [-0.4, -0.2) is 0 Å². The normalized spacial score (nSPS) is 16.3. The van der Waals surface area contributed by atoms with Gasteiger partial charge in [0.25, 0.3) is 0 Å². The van der Waals surface area contributed by atoms with Crippen molar-refractivity contribution >= 4 is 33.3 Å². The molecule has 0 saturated heterocycles. The molecule has 0 aromatic heterocycles. The van der Waals surface area contributed by atoms with E-state index in [0.29, 0.717) is 0 Å². The number of fused-ring (bicyclic) bond motifs is 14. The van der Waals surface area contributed by atoms with Crippen molar-refractivity contribution in [2.24, 2.45) is 0 Å². The largest absolute Gasteiger partial charge is 0.0888 e. The van der Waals surface area contributed by atoms with Gasteiger partial charge in [0.15, 0.2) is 0 Å². The lowest BCUT2D eigenvalue weighted by Gasteiger charge is -2.31. The van der Waals surface area contributed by atoms with Gasteiger partial charge in [0.2, 0.25) is 0 Å². The number of hydrogen-bond donors (Lipinski definition) is 0. The van der Waals surface area contributed by atoms with Gasteiger partial charge >= 0.3 is 0 Å². The Kier molecular flexibility index (Phi) is 4.80. The topological polar surface area (TPSA) is 0 Å². The van der Waals surface area contributed by atoms with Gasteiger partial charge in [-0.15, -0.1) is 0 Å². The average molecular weight is 599 g/mol. The fraction of sp³-hybridized carbons (Fsp3) is 0.0222. The Labute approximate surface area is 272 Å². The summed E-state index contributed by atoms with van der Waals surface area (Å²) in [6.07, 6.45) is 0. The lowest BCUT2D eigenvalue weighted by Crippen LogP contribution is -2.26. The first kappa shape index (κ1) is 24.9. The molecule has 0 saturated carbocycles. The number of rotatable bonds is 1. The second kappa shape index (κ2) is 8.88. The Hall–Kier alpha value is -5.37. The van der Waals surface area contributed by atoms with Crippen LogP contribution in [0.2, 0.25) is 0 Å². The summed E-state index contributed by atoms with van der Waals surface area (Å²) in [5, 5.41) is 5.31. The van der Waals surface area contributed by atoms with Crippen LogP contribution in [0.15, 0.2) is 168 Å². The molecule has 1 spiro atoms. The molecule has 1 atom stereocenters. The van der Waals surface area contributed by atoms with Crippen molar-refractivity contribution in [3.8, 4) is 44.5 Å². The molecule has 1 heteroatoms. The first-order chi connectivity index (χ1) is 22.8. The summed E-state index contributed by atoms with van der Waals surface area (Å²) in [7, 11) is 0. The highest BCUT2D eigenvalue weighted by molar-refractivity contribution is 7.99. The smallest absolute Gasteiger partial charge is 0.0731 e. The zero-order chi connectivity index (χ0) is 30.0. The predicted molar refractivity (Wildman–Crippen MR) is 193 cm³/mol. The van der Waals surface area contributed by atoms with Gasteiger partial charge in [-0.05, 0) is 101 Å². The van der Waals surface area contributed by atoms with Crippen LogP contribution in [0.25, 0.3) is 66.1 Å². The van der Waals surface area contributed by atoms with Crippen molar-refractivity contribution in [1.82, 2.24) is 0 Å². The van der Waals surface area contributed by atoms with E-state index in [1.807, 2.05) is 11.8 Å². The van der Waals surface area contributed by atoms with Gasteiger partial charge < -0.3 is 0 Å². The third kappa shape index (κ3) is 2.97. The molecule has 0 fully saturated rings. The Balaban J connectivity index is 1.21. The van der Waals surface area contributed by atoms with E-state index in [-0.39, 0.29) is 5.41 Å². The third-order valence-corrected chi connectivity index (χ3v) is 11.8. The molecule has 1 heterocycles. The van der Waals surface area contributed by atoms with Gasteiger partial charge in [-0.3, -0.25) is 0 Å². The summed E-state index contributed by atoms with van der Waals surface area (Å²) in [6.45, 7) is 0. The van der Waals surface area contributed by atoms with E-state index >= 15 is 0 Å². The summed E-state index contributed by atoms with van der Waals surface area (Å²) in [6, 6.07) is 59.4. The quantitative estimate of drug-likeness (QED) is 0.181. The number of benzene rings is 8. The van der Waals surface area contributed by atoms with Gasteiger partial charge in [0, 0.05) is 15.2 Å². The standard InChI is InChI=1S/C45H26S/c1-2-11-30-27(10-1)20-22-36-31-12-3-6-17-38(31)45(44(30)36)39-18-7-4-13-32(39)37-26-28(21-24-40(37)45)29-23-25-42-43-34(29)15-9-16-35(43)33-14-5-8-19-41(33)46-42/h1-26H. The van der Waals surface area contributed by atoms with Gasteiger partial charge in [-0.2, -0.15) is 0 Å². The molecule has 11 rings (SSSR count). The fourth-order valence-corrected chi connectivity index (χ4v) is 10.1. The molecule has 0 amide bonds. The zero-order valence-electron chi connectivity index (χ0n) is 24.9. The molecule has 0 nitrogen and oxygen atoms in total. The van der Waals surface area contributed by atoms with E-state index in [2.05, 4.69) is 158 Å². The zero-order valence-corrected chi connectivity index (χ0v) is 25.7. The van der Waals surface area contributed by atoms with Gasteiger partial charge in [0.05, 0.1) is 5.41 Å². The van der Waals surface area contributed by atoms with E-state index in [1.165, 1.54) is 98.1 Å². The van der Waals surface area contributed by atoms with Crippen LogP contribution in [0.1, 0.15) is 22.3 Å². The molecule has 1 unspecified atom stereocenters. The summed E-state index contributed by atoms with van der Waals surface area (Å²) < 4.78 is 0. The third-order valence-electron chi connectivity index (χ3n) is 10.7. The van der Waals surface area contributed by atoms with E-state index in [1.54, 1.807) is 0 Å². The highest BCUT2D eigenvalue weighted by Crippen LogP contribution is 2.64. The predicted octanol–water partition coefficient (Wildman–Crippen LogP) is 12.1. The van der Waals surface area contributed by atoms with Crippen molar-refractivity contribution in [2.75, 3.05) is 0 Å². The number of hydrogen-bond acceptors (Lipinski definition) is 1. The molecule has 8 aromatic rings. The van der Waals surface area contributed by atoms with Crippen LogP contribution in [0.4, 0.5) is 0 Å². The van der Waals surface area contributed by atoms with E-state index in [0.717, 1.165) is 0 Å². The minimum atomic E-state index is -0.364. The Morgan fingerprint density at radius 3 is 1.89 bits per heavy atom. The molecule has 0 bridgehead atoms. The Morgan fingerprint density at radius 1 is 0.370 bits per heavy atom. The molecular formula is C45H26S. The van der Waals surface area contributed by atoms with Crippen LogP contribution in [0, 0.1) is 0 Å². The maximum absolute atomic E-state index is 2.47. The van der Waals surface area contributed by atoms with E-state index in [9.17, 15) is 0 Å². The average Bonchev–Trinajstić information content (AvgIpc) is 3.59. The first-order valence-electron chi connectivity index (χ1n) is 16.0. The molecule has 8 aromatic carbocycles. The highest BCUT2D eigenvalue weighted by atomic mass is 32.2. The van der Waals surface area contributed by atoms with Crippen LogP contribution in [0.3, 0.4) is 0 Å². The summed E-state index contributed by atoms with van der Waals surface area (Å²) >= 11 is 1.89. The molecule has 1 aliphatic heterocycles. The lowest BCUT2D eigenvalue weighted by atomic mass is 9.69. The van der Waals surface area contributed by atoms with Crippen LogP contribution < -0.4 is 0 Å². The van der Waals surface area contributed by atoms with Gasteiger partial charge in [0.1, 0.15) is 0 Å². The second-order valence-electron chi connectivity index (χ2n) is 12.7. The summed E-state index contributed by atoms with van der Waals surface area (Å²) in [5.74, 6) is 0. The maximum Gasteiger partial charge on any atom is 0.0731 e. The van der Waals surface area contributed by atoms with Gasteiger partial charge in [-0.25, -0.2) is 0 Å². The van der Waals surface area contributed by atoms with Crippen molar-refractivity contribution in [3.05, 3.63) is 180 Å². The first-order valence-corrected chi connectivity index (χ1v) is 16.8. The Bertz CT molecular complexity index is 2630. The summed E-state index contributed by atoms with van der Waals surface area (Å²) in [5.41, 5.74) is 15.8. The fourth-order valence-electron chi connectivity index (χ4n) is 8.92. The van der Waals surface area contributed by atoms with Gasteiger partial charge in [-0.1, -0.05) is 151 Å². The van der Waals surface area contributed by atoms with Crippen molar-refractivity contribution in [3.63, 3.8) is 0 Å². The minimum absolute atomic E-state index is 0.364. The highest BCUT2D eigenvalue weighted by Gasteiger charge is 2.52. The van der Waals surface area contributed by atoms with Crippen molar-refractivity contribution in [1.29, 1.82) is 0 Å². The molecule has 2 aliphatic carbocycles. The van der Waals surface area contributed by atoms with Crippen molar-refractivity contribution in [2.45, 2.75) is 15.2 Å². The molecular weight excluding hydrogens is 573 g/mol. The van der Waals surface area contributed by atoms with Crippen LogP contribution in [0.5, 0.6) is 0 Å². The van der Waals surface area contributed by atoms with Crippen molar-refractivity contribution < 1.29 is 0 Å². The molecule has 0 N–H and O–H groups in total. The molecule has 212 valence electrons. The van der Waals surface area contributed by atoms with Crippen LogP contribution in [-0.2, 0) is 5.41 Å². The molecule has 3 aliphatic rings. The SMILES string of the molecule is c1ccc2c(c1)Sc1ccc(-c3ccc4c(c3)-c3ccccc3C43c4ccccc4-c4ccc5ccccc5c43)c3cccc-2c13.